The van der Waals surface area contributed by atoms with Gasteiger partial charge in [0, 0.05) is 4.88 Å². The lowest BCUT2D eigenvalue weighted by molar-refractivity contribution is 0.0702. The van der Waals surface area contributed by atoms with E-state index in [4.69, 9.17) is 9.52 Å². The minimum absolute atomic E-state index is 0.293. The van der Waals surface area contributed by atoms with Crippen molar-refractivity contribution in [3.05, 3.63) is 40.3 Å². The van der Waals surface area contributed by atoms with Gasteiger partial charge in [0.05, 0.1) is 12.8 Å². The van der Waals surface area contributed by atoms with Gasteiger partial charge in [-0.15, -0.1) is 21.5 Å². The van der Waals surface area contributed by atoms with Crippen LogP contribution in [0.5, 0.6) is 0 Å². The number of carbonyl (C=O) groups is 1. The average molecular weight is 276 g/mol. The van der Waals surface area contributed by atoms with Gasteiger partial charge in [0.15, 0.2) is 5.76 Å². The zero-order valence-corrected chi connectivity index (χ0v) is 10.4. The van der Waals surface area contributed by atoms with Gasteiger partial charge >= 0.3 is 5.97 Å². The molecule has 0 saturated heterocycles. The number of rotatable bonds is 4. The van der Waals surface area contributed by atoms with Crippen LogP contribution in [0.15, 0.2) is 34.9 Å². The monoisotopic (exact) mass is 276 g/mol. The Morgan fingerprint density at radius 3 is 3.00 bits per heavy atom. The van der Waals surface area contributed by atoms with Crippen molar-refractivity contribution in [1.29, 1.82) is 0 Å². The summed E-state index contributed by atoms with van der Waals surface area (Å²) >= 11 is 1.19. The van der Waals surface area contributed by atoms with E-state index < -0.39 is 5.97 Å². The van der Waals surface area contributed by atoms with E-state index in [9.17, 15) is 4.79 Å². The Morgan fingerprint density at radius 2 is 2.32 bits per heavy atom. The number of hydrogen-bond acceptors (Lipinski definition) is 6. The molecule has 0 fully saturated rings. The number of carboxylic acids is 1. The fourth-order valence-electron chi connectivity index (χ4n) is 1.53. The molecule has 1 N–H and O–H groups in total. The Morgan fingerprint density at radius 1 is 1.42 bits per heavy atom. The van der Waals surface area contributed by atoms with Gasteiger partial charge < -0.3 is 9.52 Å². The van der Waals surface area contributed by atoms with Crippen LogP contribution >= 0.6 is 11.3 Å². The maximum Gasteiger partial charge on any atom is 0.345 e. The molecule has 0 aliphatic heterocycles. The Bertz CT molecular complexity index is 701. The van der Waals surface area contributed by atoms with Crippen LogP contribution in [-0.2, 0) is 6.54 Å². The van der Waals surface area contributed by atoms with Crippen molar-refractivity contribution >= 4 is 17.3 Å². The molecule has 3 aromatic rings. The average Bonchev–Trinajstić information content (AvgIpc) is 3.09. The van der Waals surface area contributed by atoms with Crippen LogP contribution in [0.2, 0.25) is 0 Å². The summed E-state index contributed by atoms with van der Waals surface area (Å²) in [7, 11) is 0. The summed E-state index contributed by atoms with van der Waals surface area (Å²) in [6, 6.07) is 6.79. The Kier molecular flexibility index (Phi) is 2.84. The first-order valence-corrected chi connectivity index (χ1v) is 6.18. The fourth-order valence-corrected chi connectivity index (χ4v) is 2.35. The summed E-state index contributed by atoms with van der Waals surface area (Å²) < 4.78 is 5.17. The molecular weight excluding hydrogens is 268 g/mol. The largest absolute Gasteiger partial charge is 0.477 e. The predicted molar refractivity (Wildman–Crippen MR) is 65.9 cm³/mol. The fraction of sp³-hybridized carbons (Fsp3) is 0.0909. The highest BCUT2D eigenvalue weighted by Gasteiger charge is 2.11. The molecule has 0 atom stereocenters. The molecule has 0 saturated carbocycles. The van der Waals surface area contributed by atoms with Crippen LogP contribution in [0, 0.1) is 0 Å². The van der Waals surface area contributed by atoms with Gasteiger partial charge in [-0.25, -0.2) is 4.79 Å². The van der Waals surface area contributed by atoms with Crippen LogP contribution in [-0.4, -0.2) is 31.3 Å². The predicted octanol–water partition coefficient (Wildman–Crippen LogP) is 1.74. The molecule has 7 nitrogen and oxygen atoms in total. The second-order valence-corrected chi connectivity index (χ2v) is 4.86. The van der Waals surface area contributed by atoms with Gasteiger partial charge in [-0.1, -0.05) is 0 Å². The molecule has 0 unspecified atom stereocenters. The number of carboxylic acid groups (broad SMARTS) is 1. The second-order valence-electron chi connectivity index (χ2n) is 3.69. The van der Waals surface area contributed by atoms with Crippen molar-refractivity contribution in [2.24, 2.45) is 0 Å². The summed E-state index contributed by atoms with van der Waals surface area (Å²) in [5.74, 6) is 0.0164. The summed E-state index contributed by atoms with van der Waals surface area (Å²) in [5.41, 5.74) is 0. The number of hydrogen-bond donors (Lipinski definition) is 1. The highest BCUT2D eigenvalue weighted by molar-refractivity contribution is 7.13. The molecule has 96 valence electrons. The van der Waals surface area contributed by atoms with Crippen molar-refractivity contribution in [3.8, 4) is 11.6 Å². The van der Waals surface area contributed by atoms with Gasteiger partial charge in [0.1, 0.15) is 4.88 Å². The zero-order chi connectivity index (χ0) is 13.2. The third-order valence-electron chi connectivity index (χ3n) is 2.36. The van der Waals surface area contributed by atoms with Crippen LogP contribution < -0.4 is 0 Å². The standard InChI is InChI=1S/C11H8N4O3S/c16-11(17)9-4-3-7(19-9)6-15-13-10(12-14-15)8-2-1-5-18-8/h1-5H,6H2,(H,16,17). The topological polar surface area (TPSA) is 94.0 Å². The van der Waals surface area contributed by atoms with Crippen molar-refractivity contribution in [2.45, 2.75) is 6.54 Å². The third-order valence-corrected chi connectivity index (χ3v) is 3.42. The molecule has 3 rings (SSSR count). The maximum atomic E-state index is 10.8. The van der Waals surface area contributed by atoms with Crippen molar-refractivity contribution in [3.63, 3.8) is 0 Å². The number of aromatic nitrogens is 4. The van der Waals surface area contributed by atoms with Crippen molar-refractivity contribution in [2.75, 3.05) is 0 Å². The lowest BCUT2D eigenvalue weighted by Gasteiger charge is -1.93. The molecule has 0 spiro atoms. The number of aromatic carboxylic acids is 1. The smallest absolute Gasteiger partial charge is 0.345 e. The number of thiophene rings is 1. The van der Waals surface area contributed by atoms with E-state index in [1.54, 1.807) is 24.3 Å². The number of nitrogens with zero attached hydrogens (tertiary/aromatic N) is 4. The second kappa shape index (κ2) is 4.65. The van der Waals surface area contributed by atoms with Gasteiger partial charge in [0.2, 0.25) is 5.82 Å². The van der Waals surface area contributed by atoms with E-state index >= 15 is 0 Å². The van der Waals surface area contributed by atoms with Crippen molar-refractivity contribution < 1.29 is 14.3 Å². The van der Waals surface area contributed by atoms with Crippen LogP contribution in [0.4, 0.5) is 0 Å². The Hall–Kier alpha value is -2.48. The molecule has 0 bridgehead atoms. The maximum absolute atomic E-state index is 10.8. The lowest BCUT2D eigenvalue weighted by atomic mass is 10.4. The van der Waals surface area contributed by atoms with Gasteiger partial charge in [-0.2, -0.15) is 4.80 Å². The van der Waals surface area contributed by atoms with Crippen molar-refractivity contribution in [1.82, 2.24) is 20.2 Å². The molecule has 0 aliphatic rings. The van der Waals surface area contributed by atoms with Crippen LogP contribution in [0.1, 0.15) is 14.5 Å². The Balaban J connectivity index is 1.78. The van der Waals surface area contributed by atoms with E-state index in [1.807, 2.05) is 0 Å². The number of tetrazole rings is 1. The summed E-state index contributed by atoms with van der Waals surface area (Å²) in [6.45, 7) is 0.381. The molecule has 19 heavy (non-hydrogen) atoms. The van der Waals surface area contributed by atoms with E-state index in [2.05, 4.69) is 15.4 Å². The first-order chi connectivity index (χ1) is 9.22. The Labute approximate surface area is 111 Å². The molecule has 8 heteroatoms. The molecule has 0 aliphatic carbocycles. The van der Waals surface area contributed by atoms with E-state index in [1.165, 1.54) is 22.4 Å². The molecular formula is C11H8N4O3S. The van der Waals surface area contributed by atoms with E-state index in [0.717, 1.165) is 4.88 Å². The van der Waals surface area contributed by atoms with Gasteiger partial charge in [0.25, 0.3) is 0 Å². The molecule has 0 radical (unpaired) electrons. The normalized spacial score (nSPS) is 10.7. The first kappa shape index (κ1) is 11.6. The van der Waals surface area contributed by atoms with E-state index in [-0.39, 0.29) is 0 Å². The summed E-state index contributed by atoms with van der Waals surface area (Å²) in [6.07, 6.45) is 1.54. The van der Waals surface area contributed by atoms with E-state index in [0.29, 0.717) is 23.0 Å². The van der Waals surface area contributed by atoms with Gasteiger partial charge in [-0.05, 0) is 29.5 Å². The molecule has 3 heterocycles. The highest BCUT2D eigenvalue weighted by atomic mass is 32.1. The first-order valence-electron chi connectivity index (χ1n) is 5.36. The molecule has 0 amide bonds. The third kappa shape index (κ3) is 2.38. The molecule has 3 aromatic heterocycles. The van der Waals surface area contributed by atoms with Crippen LogP contribution in [0.3, 0.4) is 0 Å². The molecule has 0 aromatic carbocycles. The SMILES string of the molecule is O=C(O)c1ccc(Cn2nnc(-c3ccco3)n2)s1. The summed E-state index contributed by atoms with van der Waals surface area (Å²) in [4.78, 5) is 13.3. The lowest BCUT2D eigenvalue weighted by Crippen LogP contribution is -2.02. The van der Waals surface area contributed by atoms with Gasteiger partial charge in [-0.3, -0.25) is 0 Å². The summed E-state index contributed by atoms with van der Waals surface area (Å²) in [5, 5.41) is 20.8. The zero-order valence-electron chi connectivity index (χ0n) is 9.55. The minimum Gasteiger partial charge on any atom is -0.477 e. The minimum atomic E-state index is -0.931. The van der Waals surface area contributed by atoms with Crippen LogP contribution in [0.25, 0.3) is 11.6 Å². The number of furan rings is 1. The quantitative estimate of drug-likeness (QED) is 0.780. The highest BCUT2D eigenvalue weighted by Crippen LogP contribution is 2.18.